The number of benzene rings is 1. The van der Waals surface area contributed by atoms with Crippen molar-refractivity contribution in [1.29, 1.82) is 0 Å². The molecular weight excluding hydrogens is 212 g/mol. The first kappa shape index (κ1) is 12.7. The predicted molar refractivity (Wildman–Crippen MR) is 56.0 cm³/mol. The van der Waals surface area contributed by atoms with Crippen LogP contribution in [0.3, 0.4) is 0 Å². The molecule has 4 heteroatoms. The third kappa shape index (κ3) is 2.56. The van der Waals surface area contributed by atoms with Crippen LogP contribution in [-0.4, -0.2) is 0 Å². The normalized spacial score (nSPS) is 12.1. The molecule has 0 saturated heterocycles. The largest absolute Gasteiger partial charge is 0.324 e. The molecule has 0 aromatic heterocycles. The minimum absolute atomic E-state index is 0. The molecule has 0 fully saturated rings. The van der Waals surface area contributed by atoms with E-state index < -0.39 is 0 Å². The van der Waals surface area contributed by atoms with Crippen LogP contribution in [0.5, 0.6) is 0 Å². The summed E-state index contributed by atoms with van der Waals surface area (Å²) in [5, 5.41) is 0.435. The topological polar surface area (TPSA) is 26.0 Å². The van der Waals surface area contributed by atoms with E-state index in [1.54, 1.807) is 13.0 Å². The highest BCUT2D eigenvalue weighted by atomic mass is 35.5. The monoisotopic (exact) mass is 223 g/mol. The molecule has 0 saturated carbocycles. The first-order valence-corrected chi connectivity index (χ1v) is 4.12. The van der Waals surface area contributed by atoms with Crippen LogP contribution in [0, 0.1) is 12.7 Å². The van der Waals surface area contributed by atoms with Gasteiger partial charge in [-0.1, -0.05) is 17.7 Å². The van der Waals surface area contributed by atoms with Gasteiger partial charge in [0.05, 0.1) is 5.02 Å². The van der Waals surface area contributed by atoms with Crippen molar-refractivity contribution in [2.75, 3.05) is 0 Å². The Morgan fingerprint density at radius 2 is 2.00 bits per heavy atom. The molecule has 0 unspecified atom stereocenters. The summed E-state index contributed by atoms with van der Waals surface area (Å²) >= 11 is 5.87. The lowest BCUT2D eigenvalue weighted by molar-refractivity contribution is 0.593. The van der Waals surface area contributed by atoms with Crippen LogP contribution < -0.4 is 5.73 Å². The average Bonchev–Trinajstić information content (AvgIpc) is 1.97. The molecule has 0 aliphatic heterocycles. The van der Waals surface area contributed by atoms with Gasteiger partial charge in [-0.25, -0.2) is 4.39 Å². The van der Waals surface area contributed by atoms with Gasteiger partial charge >= 0.3 is 0 Å². The molecule has 0 radical (unpaired) electrons. The summed E-state index contributed by atoms with van der Waals surface area (Å²) in [7, 11) is 0. The Balaban J connectivity index is 0.00000144. The van der Waals surface area contributed by atoms with Crippen LogP contribution in [0.25, 0.3) is 0 Å². The fourth-order valence-electron chi connectivity index (χ4n) is 1.10. The van der Waals surface area contributed by atoms with Crippen LogP contribution in [0.4, 0.5) is 4.39 Å². The van der Waals surface area contributed by atoms with Crippen LogP contribution in [0.1, 0.15) is 24.1 Å². The van der Waals surface area contributed by atoms with Crippen molar-refractivity contribution in [1.82, 2.24) is 0 Å². The SMILES string of the molecule is Cc1ccc(F)c([C@H](C)N)c1Cl.Cl. The number of rotatable bonds is 1. The van der Waals surface area contributed by atoms with Crippen molar-refractivity contribution >= 4 is 24.0 Å². The first-order valence-electron chi connectivity index (χ1n) is 3.74. The van der Waals surface area contributed by atoms with E-state index in [-0.39, 0.29) is 24.3 Å². The molecule has 1 aromatic carbocycles. The molecule has 0 bridgehead atoms. The van der Waals surface area contributed by atoms with Crippen molar-refractivity contribution in [2.45, 2.75) is 19.9 Å². The smallest absolute Gasteiger partial charge is 0.129 e. The Labute approximate surface area is 88.5 Å². The second kappa shape index (κ2) is 4.80. The van der Waals surface area contributed by atoms with Crippen LogP contribution in [-0.2, 0) is 0 Å². The molecule has 0 aliphatic carbocycles. The first-order chi connectivity index (χ1) is 5.54. The van der Waals surface area contributed by atoms with Gasteiger partial charge in [-0.3, -0.25) is 0 Å². The molecule has 2 N–H and O–H groups in total. The minimum atomic E-state index is -0.364. The molecule has 1 atom stereocenters. The van der Waals surface area contributed by atoms with E-state index in [0.29, 0.717) is 10.6 Å². The van der Waals surface area contributed by atoms with Gasteiger partial charge in [-0.15, -0.1) is 12.4 Å². The lowest BCUT2D eigenvalue weighted by Crippen LogP contribution is -2.08. The van der Waals surface area contributed by atoms with Gasteiger partial charge in [0, 0.05) is 11.6 Å². The summed E-state index contributed by atoms with van der Waals surface area (Å²) in [6, 6.07) is 2.67. The maximum absolute atomic E-state index is 13.1. The van der Waals surface area contributed by atoms with Crippen LogP contribution in [0.15, 0.2) is 12.1 Å². The average molecular weight is 224 g/mol. The van der Waals surface area contributed by atoms with E-state index in [1.165, 1.54) is 6.07 Å². The maximum atomic E-state index is 13.1. The third-order valence-electron chi connectivity index (χ3n) is 1.77. The highest BCUT2D eigenvalue weighted by molar-refractivity contribution is 6.32. The number of halogens is 3. The zero-order chi connectivity index (χ0) is 9.30. The van der Waals surface area contributed by atoms with E-state index in [2.05, 4.69) is 0 Å². The van der Waals surface area contributed by atoms with Crippen molar-refractivity contribution in [3.05, 3.63) is 34.1 Å². The van der Waals surface area contributed by atoms with Crippen molar-refractivity contribution in [3.63, 3.8) is 0 Å². The van der Waals surface area contributed by atoms with Gasteiger partial charge in [-0.2, -0.15) is 0 Å². The fourth-order valence-corrected chi connectivity index (χ4v) is 1.42. The Morgan fingerprint density at radius 1 is 1.46 bits per heavy atom. The zero-order valence-corrected chi connectivity index (χ0v) is 9.05. The fraction of sp³-hybridized carbons (Fsp3) is 0.333. The predicted octanol–water partition coefficient (Wildman–Crippen LogP) is 3.23. The molecule has 13 heavy (non-hydrogen) atoms. The molecule has 74 valence electrons. The molecule has 1 aromatic rings. The third-order valence-corrected chi connectivity index (χ3v) is 2.28. The van der Waals surface area contributed by atoms with E-state index >= 15 is 0 Å². The molecule has 1 nitrogen and oxygen atoms in total. The Kier molecular flexibility index (Phi) is 4.68. The number of hydrogen-bond donors (Lipinski definition) is 1. The number of aryl methyl sites for hydroxylation is 1. The van der Waals surface area contributed by atoms with Gasteiger partial charge in [0.2, 0.25) is 0 Å². The highest BCUT2D eigenvalue weighted by Crippen LogP contribution is 2.27. The summed E-state index contributed by atoms with van der Waals surface area (Å²) in [6.45, 7) is 3.54. The molecule has 0 aliphatic rings. The molecule has 0 spiro atoms. The molecular formula is C9H12Cl2FN. The van der Waals surface area contributed by atoms with E-state index in [1.807, 2.05) is 6.92 Å². The van der Waals surface area contributed by atoms with Gasteiger partial charge in [0.15, 0.2) is 0 Å². The summed E-state index contributed by atoms with van der Waals surface area (Å²) in [5.41, 5.74) is 6.81. The summed E-state index contributed by atoms with van der Waals surface area (Å²) in [5.74, 6) is -0.333. The zero-order valence-electron chi connectivity index (χ0n) is 7.47. The Hall–Kier alpha value is -0.310. The van der Waals surface area contributed by atoms with Crippen molar-refractivity contribution in [3.8, 4) is 0 Å². The van der Waals surface area contributed by atoms with Crippen LogP contribution >= 0.6 is 24.0 Å². The van der Waals surface area contributed by atoms with Gasteiger partial charge < -0.3 is 5.73 Å². The lowest BCUT2D eigenvalue weighted by Gasteiger charge is -2.10. The second-order valence-corrected chi connectivity index (χ2v) is 3.26. The van der Waals surface area contributed by atoms with Gasteiger partial charge in [-0.05, 0) is 25.5 Å². The van der Waals surface area contributed by atoms with Crippen molar-refractivity contribution in [2.24, 2.45) is 5.73 Å². The van der Waals surface area contributed by atoms with E-state index in [0.717, 1.165) is 5.56 Å². The minimum Gasteiger partial charge on any atom is -0.324 e. The molecule has 0 amide bonds. The Bertz CT molecular complexity index is 300. The highest BCUT2D eigenvalue weighted by Gasteiger charge is 2.12. The quantitative estimate of drug-likeness (QED) is 0.778. The van der Waals surface area contributed by atoms with Crippen LogP contribution in [0.2, 0.25) is 5.02 Å². The summed E-state index contributed by atoms with van der Waals surface area (Å²) < 4.78 is 13.1. The van der Waals surface area contributed by atoms with Gasteiger partial charge in [0.25, 0.3) is 0 Å². The van der Waals surface area contributed by atoms with E-state index in [4.69, 9.17) is 17.3 Å². The van der Waals surface area contributed by atoms with E-state index in [9.17, 15) is 4.39 Å². The molecule has 1 rings (SSSR count). The lowest BCUT2D eigenvalue weighted by atomic mass is 10.1. The summed E-state index contributed by atoms with van der Waals surface area (Å²) in [6.07, 6.45) is 0. The van der Waals surface area contributed by atoms with Crippen molar-refractivity contribution < 1.29 is 4.39 Å². The maximum Gasteiger partial charge on any atom is 0.129 e. The molecule has 0 heterocycles. The standard InChI is InChI=1S/C9H11ClFN.ClH/c1-5-3-4-7(11)8(6(2)12)9(5)10;/h3-4,6H,12H2,1-2H3;1H/t6-;/m0./s1. The number of nitrogens with two attached hydrogens (primary N) is 1. The number of hydrogen-bond acceptors (Lipinski definition) is 1. The summed E-state index contributed by atoms with van der Waals surface area (Å²) in [4.78, 5) is 0. The Morgan fingerprint density at radius 3 is 2.38 bits per heavy atom. The van der Waals surface area contributed by atoms with Gasteiger partial charge in [0.1, 0.15) is 5.82 Å². The second-order valence-electron chi connectivity index (χ2n) is 2.88.